The van der Waals surface area contributed by atoms with Gasteiger partial charge in [0.2, 0.25) is 0 Å². The summed E-state index contributed by atoms with van der Waals surface area (Å²) in [5.41, 5.74) is 7.89. The van der Waals surface area contributed by atoms with Crippen LogP contribution in [0.1, 0.15) is 34.5 Å². The Morgan fingerprint density at radius 1 is 1.08 bits per heavy atom. The van der Waals surface area contributed by atoms with E-state index in [-0.39, 0.29) is 24.3 Å². The number of esters is 1. The molecule has 2 aromatic rings. The highest BCUT2D eigenvalue weighted by molar-refractivity contribution is 5.94. The Labute approximate surface area is 154 Å². The predicted octanol–water partition coefficient (Wildman–Crippen LogP) is 2.85. The molecular formula is C19H23ClN2O3. The molecule has 0 spiro atoms. The SMILES string of the molecule is COC(=O)C(C)C(NC(=O)c1ccc(CN)cc1)c1ccccc1.Cl. The highest BCUT2D eigenvalue weighted by Gasteiger charge is 2.28. The first kappa shape index (κ1) is 20.7. The van der Waals surface area contributed by atoms with Crippen LogP contribution in [0.3, 0.4) is 0 Å². The molecule has 1 amide bonds. The van der Waals surface area contributed by atoms with Crippen molar-refractivity contribution in [3.05, 3.63) is 71.3 Å². The van der Waals surface area contributed by atoms with Gasteiger partial charge in [-0.15, -0.1) is 12.4 Å². The van der Waals surface area contributed by atoms with Gasteiger partial charge in [0.25, 0.3) is 5.91 Å². The Balaban J connectivity index is 0.00000312. The highest BCUT2D eigenvalue weighted by Crippen LogP contribution is 2.23. The molecule has 2 rings (SSSR count). The Morgan fingerprint density at radius 3 is 2.20 bits per heavy atom. The minimum absolute atomic E-state index is 0. The van der Waals surface area contributed by atoms with Crippen LogP contribution in [-0.2, 0) is 16.1 Å². The van der Waals surface area contributed by atoms with Crippen molar-refractivity contribution >= 4 is 24.3 Å². The molecule has 2 aromatic carbocycles. The second-order valence-electron chi connectivity index (χ2n) is 5.57. The molecule has 25 heavy (non-hydrogen) atoms. The van der Waals surface area contributed by atoms with Gasteiger partial charge in [0.15, 0.2) is 0 Å². The van der Waals surface area contributed by atoms with Crippen LogP contribution in [0.25, 0.3) is 0 Å². The molecule has 2 atom stereocenters. The molecule has 0 aliphatic rings. The summed E-state index contributed by atoms with van der Waals surface area (Å²) in [7, 11) is 1.34. The lowest BCUT2D eigenvalue weighted by atomic mass is 9.94. The number of ether oxygens (including phenoxy) is 1. The van der Waals surface area contributed by atoms with Gasteiger partial charge in [0, 0.05) is 12.1 Å². The predicted molar refractivity (Wildman–Crippen MR) is 99.4 cm³/mol. The second kappa shape index (κ2) is 9.81. The topological polar surface area (TPSA) is 81.4 Å². The summed E-state index contributed by atoms with van der Waals surface area (Å²) >= 11 is 0. The lowest BCUT2D eigenvalue weighted by Gasteiger charge is -2.24. The smallest absolute Gasteiger partial charge is 0.310 e. The maximum Gasteiger partial charge on any atom is 0.310 e. The van der Waals surface area contributed by atoms with E-state index in [2.05, 4.69) is 5.32 Å². The normalized spacial score (nSPS) is 12.4. The third-order valence-electron chi connectivity index (χ3n) is 3.97. The lowest BCUT2D eigenvalue weighted by molar-refractivity contribution is -0.145. The average Bonchev–Trinajstić information content (AvgIpc) is 2.65. The third-order valence-corrected chi connectivity index (χ3v) is 3.97. The van der Waals surface area contributed by atoms with Crippen molar-refractivity contribution in [1.29, 1.82) is 0 Å². The first-order valence-corrected chi connectivity index (χ1v) is 7.79. The van der Waals surface area contributed by atoms with Crippen LogP contribution < -0.4 is 11.1 Å². The lowest BCUT2D eigenvalue weighted by Crippen LogP contribution is -2.36. The van der Waals surface area contributed by atoms with E-state index < -0.39 is 12.0 Å². The molecule has 0 radical (unpaired) electrons. The van der Waals surface area contributed by atoms with Gasteiger partial charge in [-0.25, -0.2) is 0 Å². The minimum atomic E-state index is -0.510. The minimum Gasteiger partial charge on any atom is -0.469 e. The van der Waals surface area contributed by atoms with E-state index in [1.165, 1.54) is 7.11 Å². The van der Waals surface area contributed by atoms with E-state index in [1.54, 1.807) is 19.1 Å². The number of amides is 1. The van der Waals surface area contributed by atoms with Crippen LogP contribution in [0, 0.1) is 5.92 Å². The van der Waals surface area contributed by atoms with Crippen LogP contribution in [0.15, 0.2) is 54.6 Å². The number of nitrogens with one attached hydrogen (secondary N) is 1. The van der Waals surface area contributed by atoms with Gasteiger partial charge < -0.3 is 15.8 Å². The summed E-state index contributed by atoms with van der Waals surface area (Å²) < 4.78 is 4.83. The average molecular weight is 363 g/mol. The zero-order valence-corrected chi connectivity index (χ0v) is 15.1. The molecule has 5 nitrogen and oxygen atoms in total. The fourth-order valence-corrected chi connectivity index (χ4v) is 2.50. The molecule has 0 heterocycles. The molecule has 0 aliphatic carbocycles. The maximum atomic E-state index is 12.5. The molecule has 0 aromatic heterocycles. The fourth-order valence-electron chi connectivity index (χ4n) is 2.50. The van der Waals surface area contributed by atoms with Crippen molar-refractivity contribution in [3.8, 4) is 0 Å². The monoisotopic (exact) mass is 362 g/mol. The summed E-state index contributed by atoms with van der Waals surface area (Å²) in [6.45, 7) is 2.16. The van der Waals surface area contributed by atoms with Crippen LogP contribution in [0.4, 0.5) is 0 Å². The van der Waals surface area contributed by atoms with Gasteiger partial charge >= 0.3 is 5.97 Å². The molecule has 0 bridgehead atoms. The van der Waals surface area contributed by atoms with E-state index in [9.17, 15) is 9.59 Å². The molecule has 0 saturated carbocycles. The number of nitrogens with two attached hydrogens (primary N) is 1. The molecular weight excluding hydrogens is 340 g/mol. The Bertz CT molecular complexity index is 690. The molecule has 0 aliphatic heterocycles. The number of rotatable bonds is 6. The molecule has 6 heteroatoms. The van der Waals surface area contributed by atoms with Crippen molar-refractivity contribution in [2.75, 3.05) is 7.11 Å². The van der Waals surface area contributed by atoms with Crippen LogP contribution >= 0.6 is 12.4 Å². The Hall–Kier alpha value is -2.37. The fraction of sp³-hybridized carbons (Fsp3) is 0.263. The van der Waals surface area contributed by atoms with Crippen LogP contribution in [0.5, 0.6) is 0 Å². The third kappa shape index (κ3) is 5.31. The largest absolute Gasteiger partial charge is 0.469 e. The molecule has 134 valence electrons. The van der Waals surface area contributed by atoms with Gasteiger partial charge in [-0.2, -0.15) is 0 Å². The van der Waals surface area contributed by atoms with Gasteiger partial charge in [-0.3, -0.25) is 9.59 Å². The second-order valence-corrected chi connectivity index (χ2v) is 5.57. The Kier molecular flexibility index (Phi) is 8.11. The van der Waals surface area contributed by atoms with E-state index in [1.807, 2.05) is 42.5 Å². The molecule has 0 saturated heterocycles. The van der Waals surface area contributed by atoms with Crippen LogP contribution in [-0.4, -0.2) is 19.0 Å². The van der Waals surface area contributed by atoms with Crippen LogP contribution in [0.2, 0.25) is 0 Å². The number of methoxy groups -OCH3 is 1. The zero-order chi connectivity index (χ0) is 17.5. The van der Waals surface area contributed by atoms with Crippen molar-refractivity contribution in [2.45, 2.75) is 19.5 Å². The van der Waals surface area contributed by atoms with Gasteiger partial charge in [0.05, 0.1) is 19.1 Å². The number of hydrogen-bond donors (Lipinski definition) is 2. The quantitative estimate of drug-likeness (QED) is 0.774. The number of carbonyl (C=O) groups excluding carboxylic acids is 2. The van der Waals surface area contributed by atoms with E-state index >= 15 is 0 Å². The first-order chi connectivity index (χ1) is 11.6. The summed E-state index contributed by atoms with van der Waals surface area (Å²) in [5.74, 6) is -1.13. The summed E-state index contributed by atoms with van der Waals surface area (Å²) in [4.78, 5) is 24.5. The van der Waals surface area contributed by atoms with Crippen molar-refractivity contribution in [1.82, 2.24) is 5.32 Å². The summed E-state index contributed by atoms with van der Waals surface area (Å²) in [5, 5.41) is 2.93. The van der Waals surface area contributed by atoms with E-state index in [4.69, 9.17) is 10.5 Å². The molecule has 0 fully saturated rings. The van der Waals surface area contributed by atoms with Gasteiger partial charge in [0.1, 0.15) is 0 Å². The zero-order valence-electron chi connectivity index (χ0n) is 14.3. The molecule has 3 N–H and O–H groups in total. The van der Waals surface area contributed by atoms with Crippen molar-refractivity contribution in [2.24, 2.45) is 11.7 Å². The van der Waals surface area contributed by atoms with E-state index in [0.717, 1.165) is 11.1 Å². The number of benzene rings is 2. The maximum absolute atomic E-state index is 12.5. The molecule has 2 unspecified atom stereocenters. The summed E-state index contributed by atoms with van der Waals surface area (Å²) in [6, 6.07) is 16.0. The first-order valence-electron chi connectivity index (χ1n) is 7.79. The highest BCUT2D eigenvalue weighted by atomic mass is 35.5. The standard InChI is InChI=1S/C19H22N2O3.ClH/c1-13(19(23)24-2)17(15-6-4-3-5-7-15)21-18(22)16-10-8-14(12-20)9-11-16;/h3-11,13,17H,12,20H2,1-2H3,(H,21,22);1H. The summed E-state index contributed by atoms with van der Waals surface area (Å²) in [6.07, 6.45) is 0. The van der Waals surface area contributed by atoms with Crippen molar-refractivity contribution in [3.63, 3.8) is 0 Å². The van der Waals surface area contributed by atoms with E-state index in [0.29, 0.717) is 12.1 Å². The number of carbonyl (C=O) groups is 2. The van der Waals surface area contributed by atoms with Crippen molar-refractivity contribution < 1.29 is 14.3 Å². The Morgan fingerprint density at radius 2 is 1.68 bits per heavy atom. The number of hydrogen-bond acceptors (Lipinski definition) is 4. The number of halogens is 1. The van der Waals surface area contributed by atoms with Gasteiger partial charge in [-0.1, -0.05) is 42.5 Å². The van der Waals surface area contributed by atoms with Gasteiger partial charge in [-0.05, 0) is 30.2 Å².